The lowest BCUT2D eigenvalue weighted by Crippen LogP contribution is -2.11. The van der Waals surface area contributed by atoms with Crippen LogP contribution in [-0.2, 0) is 5.41 Å². The van der Waals surface area contributed by atoms with Gasteiger partial charge in [0.15, 0.2) is 0 Å². The van der Waals surface area contributed by atoms with Gasteiger partial charge in [0, 0.05) is 4.88 Å². The molecule has 1 aromatic carbocycles. The van der Waals surface area contributed by atoms with Crippen molar-refractivity contribution in [2.75, 3.05) is 0 Å². The number of halogens is 1. The molecule has 1 N–H and O–H groups in total. The molecule has 0 saturated carbocycles. The van der Waals surface area contributed by atoms with Gasteiger partial charge in [0.2, 0.25) is 0 Å². The van der Waals surface area contributed by atoms with Crippen LogP contribution in [0.2, 0.25) is 0 Å². The molecule has 0 aliphatic carbocycles. The molecule has 1 nitrogen and oxygen atoms in total. The molecular weight excluding hydrogens is 308 g/mol. The Labute approximate surface area is 121 Å². The molecule has 0 bridgehead atoms. The molecule has 0 radical (unpaired) electrons. The third-order valence-corrected chi connectivity index (χ3v) is 4.63. The van der Waals surface area contributed by atoms with Crippen LogP contribution in [-0.4, -0.2) is 5.11 Å². The maximum atomic E-state index is 10.3. The summed E-state index contributed by atoms with van der Waals surface area (Å²) in [5.74, 6) is 0. The zero-order valence-corrected chi connectivity index (χ0v) is 13.2. The summed E-state index contributed by atoms with van der Waals surface area (Å²) >= 11 is 4.99. The number of aliphatic hydroxyl groups is 1. The molecule has 0 aliphatic rings. The van der Waals surface area contributed by atoms with Crippen molar-refractivity contribution in [2.24, 2.45) is 0 Å². The molecular formula is C15H17BrOS. The van der Waals surface area contributed by atoms with Gasteiger partial charge in [0.25, 0.3) is 0 Å². The fourth-order valence-corrected chi connectivity index (χ4v) is 3.24. The summed E-state index contributed by atoms with van der Waals surface area (Å²) in [7, 11) is 0. The summed E-state index contributed by atoms with van der Waals surface area (Å²) in [6.45, 7) is 6.57. The Hall–Kier alpha value is -0.640. The van der Waals surface area contributed by atoms with Crippen molar-refractivity contribution in [2.45, 2.75) is 32.3 Å². The molecule has 0 aliphatic heterocycles. The quantitative estimate of drug-likeness (QED) is 0.833. The number of hydrogen-bond donors (Lipinski definition) is 1. The van der Waals surface area contributed by atoms with E-state index in [9.17, 15) is 5.11 Å². The SMILES string of the molecule is CC(C)(C)c1ccc(C(O)c2ccc(Br)s2)cc1. The predicted molar refractivity (Wildman–Crippen MR) is 81.2 cm³/mol. The van der Waals surface area contributed by atoms with Crippen LogP contribution in [0.25, 0.3) is 0 Å². The molecule has 1 aromatic heterocycles. The van der Waals surface area contributed by atoms with Gasteiger partial charge < -0.3 is 5.11 Å². The van der Waals surface area contributed by atoms with Crippen molar-refractivity contribution in [3.05, 3.63) is 56.2 Å². The van der Waals surface area contributed by atoms with Crippen molar-refractivity contribution in [1.29, 1.82) is 0 Å². The van der Waals surface area contributed by atoms with Crippen LogP contribution in [0.5, 0.6) is 0 Å². The van der Waals surface area contributed by atoms with E-state index in [-0.39, 0.29) is 5.41 Å². The molecule has 0 fully saturated rings. The van der Waals surface area contributed by atoms with Crippen molar-refractivity contribution < 1.29 is 5.11 Å². The first-order valence-electron chi connectivity index (χ1n) is 5.91. The summed E-state index contributed by atoms with van der Waals surface area (Å²) < 4.78 is 1.04. The van der Waals surface area contributed by atoms with Crippen molar-refractivity contribution in [1.82, 2.24) is 0 Å². The molecule has 1 unspecified atom stereocenters. The smallest absolute Gasteiger partial charge is 0.113 e. The highest BCUT2D eigenvalue weighted by atomic mass is 79.9. The van der Waals surface area contributed by atoms with Gasteiger partial charge in [-0.25, -0.2) is 0 Å². The molecule has 1 atom stereocenters. The van der Waals surface area contributed by atoms with E-state index in [0.29, 0.717) is 0 Å². The van der Waals surface area contributed by atoms with Gasteiger partial charge in [-0.05, 0) is 44.6 Å². The normalized spacial score (nSPS) is 13.6. The Morgan fingerprint density at radius 1 is 1.06 bits per heavy atom. The zero-order chi connectivity index (χ0) is 13.3. The van der Waals surface area contributed by atoms with Crippen LogP contribution in [0.3, 0.4) is 0 Å². The number of hydrogen-bond acceptors (Lipinski definition) is 2. The maximum absolute atomic E-state index is 10.3. The molecule has 2 aromatic rings. The molecule has 0 saturated heterocycles. The summed E-state index contributed by atoms with van der Waals surface area (Å²) in [6.07, 6.45) is -0.532. The monoisotopic (exact) mass is 324 g/mol. The molecule has 2 rings (SSSR count). The van der Waals surface area contributed by atoms with Gasteiger partial charge in [-0.15, -0.1) is 11.3 Å². The first kappa shape index (κ1) is 13.8. The first-order chi connectivity index (χ1) is 8.38. The van der Waals surface area contributed by atoms with Gasteiger partial charge in [0.05, 0.1) is 3.79 Å². The van der Waals surface area contributed by atoms with E-state index in [1.54, 1.807) is 11.3 Å². The highest BCUT2D eigenvalue weighted by Crippen LogP contribution is 2.32. The fraction of sp³-hybridized carbons (Fsp3) is 0.333. The summed E-state index contributed by atoms with van der Waals surface area (Å²) in [5, 5.41) is 10.3. The van der Waals surface area contributed by atoms with Gasteiger partial charge in [0.1, 0.15) is 6.10 Å². The molecule has 0 amide bonds. The molecule has 3 heteroatoms. The van der Waals surface area contributed by atoms with Crippen LogP contribution in [0.1, 0.15) is 42.9 Å². The van der Waals surface area contributed by atoms with Gasteiger partial charge >= 0.3 is 0 Å². The van der Waals surface area contributed by atoms with Gasteiger partial charge in [-0.2, -0.15) is 0 Å². The average Bonchev–Trinajstić information content (AvgIpc) is 2.74. The minimum absolute atomic E-state index is 0.148. The first-order valence-corrected chi connectivity index (χ1v) is 7.52. The summed E-state index contributed by atoms with van der Waals surface area (Å²) in [6, 6.07) is 12.1. The van der Waals surface area contributed by atoms with Crippen LogP contribution in [0.4, 0.5) is 0 Å². The van der Waals surface area contributed by atoms with E-state index in [2.05, 4.69) is 48.8 Å². The Balaban J connectivity index is 2.24. The van der Waals surface area contributed by atoms with E-state index in [4.69, 9.17) is 0 Å². The molecule has 96 valence electrons. The highest BCUT2D eigenvalue weighted by molar-refractivity contribution is 9.11. The van der Waals surface area contributed by atoms with Gasteiger partial charge in [-0.3, -0.25) is 0 Å². The average molecular weight is 325 g/mol. The maximum Gasteiger partial charge on any atom is 0.113 e. The molecule has 0 spiro atoms. The minimum atomic E-state index is -0.532. The van der Waals surface area contributed by atoms with E-state index < -0.39 is 6.10 Å². The second kappa shape index (κ2) is 5.16. The lowest BCUT2D eigenvalue weighted by molar-refractivity contribution is 0.224. The van der Waals surface area contributed by atoms with E-state index >= 15 is 0 Å². The topological polar surface area (TPSA) is 20.2 Å². The standard InChI is InChI=1S/C15H17BrOS/c1-15(2,3)11-6-4-10(5-7-11)14(17)12-8-9-13(16)18-12/h4-9,14,17H,1-3H3. The second-order valence-electron chi connectivity index (χ2n) is 5.42. The third-order valence-electron chi connectivity index (χ3n) is 2.96. The number of rotatable bonds is 2. The lowest BCUT2D eigenvalue weighted by Gasteiger charge is -2.19. The van der Waals surface area contributed by atoms with Crippen LogP contribution in [0, 0.1) is 0 Å². The van der Waals surface area contributed by atoms with Crippen LogP contribution < -0.4 is 0 Å². The Kier molecular flexibility index (Phi) is 3.95. The van der Waals surface area contributed by atoms with E-state index in [1.807, 2.05) is 24.3 Å². The van der Waals surface area contributed by atoms with Crippen molar-refractivity contribution >= 4 is 27.3 Å². The minimum Gasteiger partial charge on any atom is -0.383 e. The lowest BCUT2D eigenvalue weighted by atomic mass is 9.86. The summed E-state index contributed by atoms with van der Waals surface area (Å²) in [5.41, 5.74) is 2.37. The summed E-state index contributed by atoms with van der Waals surface area (Å²) in [4.78, 5) is 0.963. The Morgan fingerprint density at radius 2 is 1.67 bits per heavy atom. The number of benzene rings is 1. The van der Waals surface area contributed by atoms with Crippen LogP contribution in [0.15, 0.2) is 40.2 Å². The van der Waals surface area contributed by atoms with Crippen molar-refractivity contribution in [3.63, 3.8) is 0 Å². The predicted octanol–water partition coefficient (Wildman–Crippen LogP) is 4.89. The Morgan fingerprint density at radius 3 is 2.11 bits per heavy atom. The Bertz CT molecular complexity index is 522. The van der Waals surface area contributed by atoms with Gasteiger partial charge in [-0.1, -0.05) is 45.0 Å². The van der Waals surface area contributed by atoms with E-state index in [0.717, 1.165) is 14.2 Å². The third kappa shape index (κ3) is 3.02. The van der Waals surface area contributed by atoms with Crippen LogP contribution >= 0.6 is 27.3 Å². The number of aliphatic hydroxyl groups excluding tert-OH is 1. The number of thiophene rings is 1. The highest BCUT2D eigenvalue weighted by Gasteiger charge is 2.16. The molecule has 18 heavy (non-hydrogen) atoms. The van der Waals surface area contributed by atoms with Crippen molar-refractivity contribution in [3.8, 4) is 0 Å². The van der Waals surface area contributed by atoms with E-state index in [1.165, 1.54) is 5.56 Å². The zero-order valence-electron chi connectivity index (χ0n) is 10.8. The largest absolute Gasteiger partial charge is 0.383 e. The fourth-order valence-electron chi connectivity index (χ4n) is 1.80. The second-order valence-corrected chi connectivity index (χ2v) is 7.91. The molecule has 1 heterocycles.